The first-order valence-electron chi connectivity index (χ1n) is 13.5. The standard InChI is InChI=1S/C28H41N5O3/c1-4-14-33-27(34)19-25(20-29-33)31-17-10-23(11-18-31)28(35)32(24-12-15-30(5-2)16-13-24)21-22-6-8-26(36-3)9-7-22/h6-9,19-20,23-24H,4-5,10-18,21H2,1-3H3. The first-order valence-corrected chi connectivity index (χ1v) is 13.5. The summed E-state index contributed by atoms with van der Waals surface area (Å²) in [5, 5.41) is 4.33. The molecule has 2 aliphatic rings. The fourth-order valence-corrected chi connectivity index (χ4v) is 5.46. The molecule has 2 aromatic rings. The highest BCUT2D eigenvalue weighted by molar-refractivity contribution is 5.79. The highest BCUT2D eigenvalue weighted by Gasteiger charge is 2.34. The van der Waals surface area contributed by atoms with Gasteiger partial charge in [0, 0.05) is 57.3 Å². The molecule has 196 valence electrons. The van der Waals surface area contributed by atoms with Crippen LogP contribution in [0.25, 0.3) is 0 Å². The number of nitrogens with zero attached hydrogens (tertiary/aromatic N) is 5. The summed E-state index contributed by atoms with van der Waals surface area (Å²) in [5.74, 6) is 1.12. The van der Waals surface area contributed by atoms with E-state index in [1.807, 2.05) is 19.1 Å². The minimum atomic E-state index is -0.0587. The third-order valence-electron chi connectivity index (χ3n) is 7.74. The number of benzene rings is 1. The van der Waals surface area contributed by atoms with E-state index in [4.69, 9.17) is 4.74 Å². The Morgan fingerprint density at radius 1 is 1.06 bits per heavy atom. The number of hydrogen-bond acceptors (Lipinski definition) is 6. The second-order valence-electron chi connectivity index (χ2n) is 10.0. The number of amides is 1. The Kier molecular flexibility index (Phi) is 9.02. The summed E-state index contributed by atoms with van der Waals surface area (Å²) in [4.78, 5) is 33.1. The van der Waals surface area contributed by atoms with Gasteiger partial charge in [-0.25, -0.2) is 4.68 Å². The second-order valence-corrected chi connectivity index (χ2v) is 10.0. The van der Waals surface area contributed by atoms with Crippen molar-refractivity contribution in [3.05, 3.63) is 52.4 Å². The molecule has 1 amide bonds. The van der Waals surface area contributed by atoms with Gasteiger partial charge in [-0.1, -0.05) is 26.0 Å². The van der Waals surface area contributed by atoms with E-state index in [2.05, 4.69) is 38.9 Å². The van der Waals surface area contributed by atoms with Crippen molar-refractivity contribution in [3.63, 3.8) is 0 Å². The Balaban J connectivity index is 1.43. The molecule has 36 heavy (non-hydrogen) atoms. The Bertz CT molecular complexity index is 1040. The lowest BCUT2D eigenvalue weighted by atomic mass is 9.92. The molecular formula is C28H41N5O3. The van der Waals surface area contributed by atoms with Crippen molar-refractivity contribution in [2.24, 2.45) is 5.92 Å². The van der Waals surface area contributed by atoms with Gasteiger partial charge < -0.3 is 19.4 Å². The Morgan fingerprint density at radius 3 is 2.33 bits per heavy atom. The van der Waals surface area contributed by atoms with Crippen molar-refractivity contribution in [1.29, 1.82) is 0 Å². The van der Waals surface area contributed by atoms with Gasteiger partial charge in [-0.05, 0) is 56.3 Å². The van der Waals surface area contributed by atoms with Crippen molar-refractivity contribution in [2.75, 3.05) is 44.7 Å². The number of ether oxygens (including phenoxy) is 1. The number of aromatic nitrogens is 2. The monoisotopic (exact) mass is 495 g/mol. The molecule has 0 unspecified atom stereocenters. The quantitative estimate of drug-likeness (QED) is 0.531. The number of piperidine rings is 2. The van der Waals surface area contributed by atoms with Crippen molar-refractivity contribution >= 4 is 11.6 Å². The van der Waals surface area contributed by atoms with E-state index in [0.29, 0.717) is 13.1 Å². The SMILES string of the molecule is CCCn1ncc(N2CCC(C(=O)N(Cc3ccc(OC)cc3)C3CCN(CC)CC3)CC2)cc1=O. The van der Waals surface area contributed by atoms with Gasteiger partial charge in [0.2, 0.25) is 5.91 Å². The highest BCUT2D eigenvalue weighted by Crippen LogP contribution is 2.28. The molecule has 0 bridgehead atoms. The molecule has 2 aliphatic heterocycles. The summed E-state index contributed by atoms with van der Waals surface area (Å²) >= 11 is 0. The fourth-order valence-electron chi connectivity index (χ4n) is 5.46. The van der Waals surface area contributed by atoms with Crippen molar-refractivity contribution in [1.82, 2.24) is 19.6 Å². The first kappa shape index (κ1) is 26.2. The van der Waals surface area contributed by atoms with E-state index < -0.39 is 0 Å². The van der Waals surface area contributed by atoms with Gasteiger partial charge >= 0.3 is 0 Å². The largest absolute Gasteiger partial charge is 0.497 e. The molecule has 8 nitrogen and oxygen atoms in total. The van der Waals surface area contributed by atoms with Gasteiger partial charge in [-0.3, -0.25) is 9.59 Å². The summed E-state index contributed by atoms with van der Waals surface area (Å²) in [5.41, 5.74) is 1.94. The molecule has 0 saturated carbocycles. The molecular weight excluding hydrogens is 454 g/mol. The van der Waals surface area contributed by atoms with Crippen LogP contribution < -0.4 is 15.2 Å². The molecule has 0 aliphatic carbocycles. The number of aryl methyl sites for hydroxylation is 1. The molecule has 0 N–H and O–H groups in total. The van der Waals surface area contributed by atoms with Gasteiger partial charge in [0.25, 0.3) is 5.56 Å². The molecule has 3 heterocycles. The maximum atomic E-state index is 13.9. The molecule has 0 spiro atoms. The number of methoxy groups -OCH3 is 1. The maximum Gasteiger partial charge on any atom is 0.268 e. The third-order valence-corrected chi connectivity index (χ3v) is 7.74. The number of carbonyl (C=O) groups excluding carboxylic acids is 1. The first-order chi connectivity index (χ1) is 17.5. The van der Waals surface area contributed by atoms with E-state index in [1.54, 1.807) is 19.4 Å². The predicted octanol–water partition coefficient (Wildman–Crippen LogP) is 3.39. The van der Waals surface area contributed by atoms with Crippen LogP contribution in [0.3, 0.4) is 0 Å². The lowest BCUT2D eigenvalue weighted by molar-refractivity contribution is -0.140. The van der Waals surface area contributed by atoms with Crippen LogP contribution in [-0.2, 0) is 17.9 Å². The molecule has 1 aromatic carbocycles. The van der Waals surface area contributed by atoms with Crippen molar-refractivity contribution in [3.8, 4) is 5.75 Å². The van der Waals surface area contributed by atoms with E-state index in [1.165, 1.54) is 4.68 Å². The second kappa shape index (κ2) is 12.4. The van der Waals surface area contributed by atoms with E-state index in [-0.39, 0.29) is 23.4 Å². The average Bonchev–Trinajstić information content (AvgIpc) is 2.93. The topological polar surface area (TPSA) is 70.9 Å². The van der Waals surface area contributed by atoms with Crippen molar-refractivity contribution in [2.45, 2.75) is 65.1 Å². The molecule has 4 rings (SSSR count). The number of carbonyl (C=O) groups is 1. The van der Waals surface area contributed by atoms with Gasteiger partial charge in [0.1, 0.15) is 5.75 Å². The summed E-state index contributed by atoms with van der Waals surface area (Å²) in [6.07, 6.45) is 6.30. The van der Waals surface area contributed by atoms with Gasteiger partial charge in [0.05, 0.1) is 19.0 Å². The van der Waals surface area contributed by atoms with Crippen LogP contribution in [-0.4, -0.2) is 71.4 Å². The zero-order chi connectivity index (χ0) is 25.5. The van der Waals surface area contributed by atoms with E-state index in [0.717, 1.165) is 81.8 Å². The third kappa shape index (κ3) is 6.27. The van der Waals surface area contributed by atoms with Gasteiger partial charge in [-0.15, -0.1) is 0 Å². The number of hydrogen-bond donors (Lipinski definition) is 0. The molecule has 0 radical (unpaired) electrons. The number of likely N-dealkylation sites (tertiary alicyclic amines) is 1. The van der Waals surface area contributed by atoms with Gasteiger partial charge in [0.15, 0.2) is 0 Å². The number of anilines is 1. The van der Waals surface area contributed by atoms with Crippen LogP contribution in [0, 0.1) is 5.92 Å². The number of rotatable bonds is 9. The van der Waals surface area contributed by atoms with E-state index in [9.17, 15) is 9.59 Å². The van der Waals surface area contributed by atoms with Crippen LogP contribution in [0.1, 0.15) is 51.5 Å². The van der Waals surface area contributed by atoms with Crippen LogP contribution >= 0.6 is 0 Å². The smallest absolute Gasteiger partial charge is 0.268 e. The summed E-state index contributed by atoms with van der Waals surface area (Å²) in [7, 11) is 1.67. The zero-order valence-corrected chi connectivity index (χ0v) is 22.1. The molecule has 2 saturated heterocycles. The summed E-state index contributed by atoms with van der Waals surface area (Å²) < 4.78 is 6.83. The lowest BCUT2D eigenvalue weighted by Gasteiger charge is -2.41. The molecule has 8 heteroatoms. The lowest BCUT2D eigenvalue weighted by Crippen LogP contribution is -2.50. The van der Waals surface area contributed by atoms with Crippen molar-refractivity contribution < 1.29 is 9.53 Å². The minimum absolute atomic E-state index is 0.0112. The van der Waals surface area contributed by atoms with Crippen LogP contribution in [0.2, 0.25) is 0 Å². The summed E-state index contributed by atoms with van der Waals surface area (Å²) in [6, 6.07) is 10.0. The fraction of sp³-hybridized carbons (Fsp3) is 0.607. The Morgan fingerprint density at radius 2 is 1.75 bits per heavy atom. The van der Waals surface area contributed by atoms with Gasteiger partial charge in [-0.2, -0.15) is 5.10 Å². The van der Waals surface area contributed by atoms with Crippen LogP contribution in [0.5, 0.6) is 5.75 Å². The minimum Gasteiger partial charge on any atom is -0.497 e. The highest BCUT2D eigenvalue weighted by atomic mass is 16.5. The Labute approximate surface area is 214 Å². The molecule has 2 fully saturated rings. The van der Waals surface area contributed by atoms with Crippen LogP contribution in [0.15, 0.2) is 41.3 Å². The normalized spacial score (nSPS) is 17.8. The molecule has 1 aromatic heterocycles. The van der Waals surface area contributed by atoms with E-state index >= 15 is 0 Å². The zero-order valence-electron chi connectivity index (χ0n) is 22.1. The van der Waals surface area contributed by atoms with Crippen LogP contribution in [0.4, 0.5) is 5.69 Å². The Hall–Kier alpha value is -2.87. The predicted molar refractivity (Wildman–Crippen MR) is 142 cm³/mol. The average molecular weight is 496 g/mol. The molecule has 0 atom stereocenters. The maximum absolute atomic E-state index is 13.9. The summed E-state index contributed by atoms with van der Waals surface area (Å²) in [6.45, 7) is 10.2.